The molecule has 8 heteroatoms. The van der Waals surface area contributed by atoms with Crippen LogP contribution in [0.4, 0.5) is 0 Å². The van der Waals surface area contributed by atoms with E-state index in [9.17, 15) is 4.79 Å². The fraction of sp³-hybridized carbons (Fsp3) is 0.750. The van der Waals surface area contributed by atoms with Crippen LogP contribution in [0.15, 0.2) is 0 Å². The van der Waals surface area contributed by atoms with Gasteiger partial charge in [-0.05, 0) is 24.7 Å². The fourth-order valence-electron chi connectivity index (χ4n) is 1.65. The average molecular weight is 342 g/mol. The lowest BCUT2D eigenvalue weighted by Gasteiger charge is -2.08. The average Bonchev–Trinajstić information content (AvgIpc) is 2.56. The highest BCUT2D eigenvalue weighted by molar-refractivity contribution is 5.69. The maximum absolute atomic E-state index is 10.7. The van der Waals surface area contributed by atoms with Crippen LogP contribution in [-0.4, -0.2) is 42.7 Å². The molecule has 0 aliphatic heterocycles. The van der Waals surface area contributed by atoms with Crippen molar-refractivity contribution in [1.29, 1.82) is 10.5 Å². The molecule has 0 radical (unpaired) electrons. The molecule has 0 saturated carbocycles. The summed E-state index contributed by atoms with van der Waals surface area (Å²) in [6, 6.07) is 4.06. The third kappa shape index (κ3) is 22.0. The Kier molecular flexibility index (Phi) is 25.6. The zero-order valence-corrected chi connectivity index (χ0v) is 14.2. The number of carbonyl (C=O) groups is 1. The molecule has 2 N–H and O–H groups in total. The molecule has 0 aromatic heterocycles. The molecule has 0 heterocycles. The van der Waals surface area contributed by atoms with Gasteiger partial charge in [-0.3, -0.25) is 4.79 Å². The Morgan fingerprint density at radius 2 is 1.46 bits per heavy atom. The van der Waals surface area contributed by atoms with Crippen molar-refractivity contribution in [3.63, 3.8) is 0 Å². The molecule has 0 saturated heterocycles. The molecule has 0 spiro atoms. The van der Waals surface area contributed by atoms with Crippen LogP contribution in [0.1, 0.15) is 45.4 Å². The quantitative estimate of drug-likeness (QED) is 0.593. The Hall–Kier alpha value is -2.25. The summed E-state index contributed by atoms with van der Waals surface area (Å²) in [7, 11) is 1.36. The smallest absolute Gasteiger partial charge is 0.373 e. The number of carbonyl (C=O) groups excluding carboxylic acids is 3. The summed E-state index contributed by atoms with van der Waals surface area (Å²) < 4.78 is 4.48. The lowest BCUT2D eigenvalue weighted by molar-refractivity contribution is -0.191. The van der Waals surface area contributed by atoms with Gasteiger partial charge in [-0.15, -0.1) is 0 Å². The van der Waals surface area contributed by atoms with Gasteiger partial charge in [0.05, 0.1) is 19.2 Å². The van der Waals surface area contributed by atoms with E-state index in [0.29, 0.717) is 32.1 Å². The van der Waals surface area contributed by atoms with Crippen molar-refractivity contribution in [2.75, 3.05) is 20.3 Å². The number of esters is 1. The van der Waals surface area contributed by atoms with Crippen molar-refractivity contribution in [3.8, 4) is 12.1 Å². The van der Waals surface area contributed by atoms with Gasteiger partial charge in [0, 0.05) is 32.5 Å². The van der Waals surface area contributed by atoms with Crippen molar-refractivity contribution in [2.24, 2.45) is 11.8 Å². The number of hydrogen-bond acceptors (Lipinski definition) is 8. The fourth-order valence-corrected chi connectivity index (χ4v) is 1.65. The highest BCUT2D eigenvalue weighted by Gasteiger charge is 2.11. The molecule has 0 amide bonds. The van der Waals surface area contributed by atoms with Crippen LogP contribution in [0.5, 0.6) is 0 Å². The van der Waals surface area contributed by atoms with E-state index in [-0.39, 0.29) is 37.2 Å². The molecule has 136 valence electrons. The van der Waals surface area contributed by atoms with Gasteiger partial charge in [-0.2, -0.15) is 20.1 Å². The standard InChI is InChI=1S/C8H13NO2.C7H13NO2.CO2/c1-3-7(4-5-9)6-8(10)11-2;8-4-1-7(2-5-9)3-6-10;2-1-3/h7H,3-4,6H2,1-2H3;7,9-10H,1-3,5-6H2;. The van der Waals surface area contributed by atoms with E-state index < -0.39 is 0 Å². The number of hydrogen-bond donors (Lipinski definition) is 2. The van der Waals surface area contributed by atoms with Crippen molar-refractivity contribution in [1.82, 2.24) is 0 Å². The summed E-state index contributed by atoms with van der Waals surface area (Å²) in [4.78, 5) is 27.0. The summed E-state index contributed by atoms with van der Waals surface area (Å²) in [5.74, 6) is 0.0968. The summed E-state index contributed by atoms with van der Waals surface area (Å²) in [5.41, 5.74) is 0. The normalized spacial score (nSPS) is 9.79. The molecule has 0 bridgehead atoms. The molecule has 24 heavy (non-hydrogen) atoms. The van der Waals surface area contributed by atoms with Crippen molar-refractivity contribution < 1.29 is 29.3 Å². The lowest BCUT2D eigenvalue weighted by Crippen LogP contribution is -2.08. The van der Waals surface area contributed by atoms with Gasteiger partial charge in [-0.1, -0.05) is 13.3 Å². The van der Waals surface area contributed by atoms with Crippen LogP contribution in [0.25, 0.3) is 0 Å². The zero-order valence-electron chi connectivity index (χ0n) is 14.2. The first-order valence-electron chi connectivity index (χ1n) is 7.52. The van der Waals surface area contributed by atoms with Crippen LogP contribution in [0.2, 0.25) is 0 Å². The molecular weight excluding hydrogens is 316 g/mol. The molecule has 0 aliphatic carbocycles. The van der Waals surface area contributed by atoms with Crippen LogP contribution in [0, 0.1) is 34.5 Å². The number of methoxy groups -OCH3 is 1. The topological polar surface area (TPSA) is 148 Å². The zero-order chi connectivity index (χ0) is 19.2. The van der Waals surface area contributed by atoms with Crippen molar-refractivity contribution in [3.05, 3.63) is 0 Å². The number of nitrogens with zero attached hydrogens (tertiary/aromatic N) is 2. The van der Waals surface area contributed by atoms with E-state index in [1.54, 1.807) is 0 Å². The molecule has 1 unspecified atom stereocenters. The number of ether oxygens (including phenoxy) is 1. The van der Waals surface area contributed by atoms with Gasteiger partial charge in [0.15, 0.2) is 0 Å². The number of rotatable bonds is 9. The van der Waals surface area contributed by atoms with E-state index in [2.05, 4.69) is 4.74 Å². The minimum Gasteiger partial charge on any atom is -0.469 e. The van der Waals surface area contributed by atoms with E-state index in [0.717, 1.165) is 6.42 Å². The SMILES string of the molecule is CCC(CC#N)CC(=O)OC.N#CCC(CCO)CCO.O=C=O. The number of nitriles is 2. The summed E-state index contributed by atoms with van der Waals surface area (Å²) >= 11 is 0. The second-order valence-corrected chi connectivity index (χ2v) is 4.75. The maximum atomic E-state index is 10.7. The Morgan fingerprint density at radius 3 is 1.75 bits per heavy atom. The first-order valence-corrected chi connectivity index (χ1v) is 7.52. The predicted molar refractivity (Wildman–Crippen MR) is 82.8 cm³/mol. The Morgan fingerprint density at radius 1 is 1.04 bits per heavy atom. The van der Waals surface area contributed by atoms with E-state index in [1.807, 2.05) is 19.1 Å². The van der Waals surface area contributed by atoms with Gasteiger partial charge in [0.25, 0.3) is 0 Å². The third-order valence-electron chi connectivity index (χ3n) is 3.09. The first kappa shape index (κ1) is 26.6. The Labute approximate surface area is 142 Å². The first-order chi connectivity index (χ1) is 11.5. The van der Waals surface area contributed by atoms with Crippen LogP contribution in [0.3, 0.4) is 0 Å². The van der Waals surface area contributed by atoms with Gasteiger partial charge >= 0.3 is 12.1 Å². The van der Waals surface area contributed by atoms with E-state index in [4.69, 9.17) is 30.3 Å². The van der Waals surface area contributed by atoms with Gasteiger partial charge < -0.3 is 14.9 Å². The molecule has 0 rings (SSSR count). The van der Waals surface area contributed by atoms with Gasteiger partial charge in [-0.25, -0.2) is 0 Å². The van der Waals surface area contributed by atoms with Gasteiger partial charge in [0.2, 0.25) is 0 Å². The monoisotopic (exact) mass is 342 g/mol. The second-order valence-electron chi connectivity index (χ2n) is 4.75. The number of aliphatic hydroxyl groups excluding tert-OH is 2. The lowest BCUT2D eigenvalue weighted by atomic mass is 9.99. The molecule has 8 nitrogen and oxygen atoms in total. The van der Waals surface area contributed by atoms with E-state index in [1.165, 1.54) is 7.11 Å². The second kappa shape index (κ2) is 23.0. The van der Waals surface area contributed by atoms with Crippen molar-refractivity contribution >= 4 is 12.1 Å². The Balaban J connectivity index is -0.000000317. The van der Waals surface area contributed by atoms with Crippen LogP contribution >= 0.6 is 0 Å². The minimum absolute atomic E-state index is 0.104. The van der Waals surface area contributed by atoms with Crippen molar-refractivity contribution in [2.45, 2.75) is 45.4 Å². The summed E-state index contributed by atoms with van der Waals surface area (Å²) in [5, 5.41) is 33.6. The summed E-state index contributed by atoms with van der Waals surface area (Å²) in [6.07, 6.45) is 3.57. The molecule has 0 aromatic carbocycles. The van der Waals surface area contributed by atoms with E-state index >= 15 is 0 Å². The molecule has 0 fully saturated rings. The highest BCUT2D eigenvalue weighted by Crippen LogP contribution is 2.12. The third-order valence-corrected chi connectivity index (χ3v) is 3.09. The molecule has 1 atom stereocenters. The maximum Gasteiger partial charge on any atom is 0.373 e. The van der Waals surface area contributed by atoms with Crippen LogP contribution in [-0.2, 0) is 19.1 Å². The largest absolute Gasteiger partial charge is 0.469 e. The molecular formula is C16H26N2O6. The van der Waals surface area contributed by atoms with Gasteiger partial charge in [0.1, 0.15) is 0 Å². The number of aliphatic hydroxyl groups is 2. The summed E-state index contributed by atoms with van der Waals surface area (Å²) in [6.45, 7) is 2.17. The molecule has 0 aromatic rings. The molecule has 0 aliphatic rings. The Bertz CT molecular complexity index is 402. The minimum atomic E-state index is -0.230. The highest BCUT2D eigenvalue weighted by atomic mass is 16.5. The predicted octanol–water partition coefficient (Wildman–Crippen LogP) is 1.19. The van der Waals surface area contributed by atoms with Crippen LogP contribution < -0.4 is 0 Å².